The molecule has 0 N–H and O–H groups in total. The summed E-state index contributed by atoms with van der Waals surface area (Å²) in [6.45, 7) is 0. The molecule has 6 heterocycles. The van der Waals surface area contributed by atoms with Gasteiger partial charge in [-0.05, 0) is 169 Å². The Morgan fingerprint density at radius 2 is 0.391 bits per heavy atom. The molecular formula is C128H88N8S2. The fourth-order valence-corrected chi connectivity index (χ4v) is 22.0. The summed E-state index contributed by atoms with van der Waals surface area (Å²) in [5.74, 6) is 3.68. The van der Waals surface area contributed by atoms with E-state index in [0.717, 1.165) is 122 Å². The number of thiophene rings is 2. The molecule has 26 aromatic rings. The van der Waals surface area contributed by atoms with Crippen molar-refractivity contribution in [2.24, 2.45) is 0 Å². The first kappa shape index (κ1) is 84.7. The lowest BCUT2D eigenvalue weighted by atomic mass is 9.98. The van der Waals surface area contributed by atoms with Gasteiger partial charge in [0.2, 0.25) is 0 Å². The highest BCUT2D eigenvalue weighted by atomic mass is 32.1. The van der Waals surface area contributed by atoms with Crippen LogP contribution in [-0.4, -0.2) is 39.0 Å². The van der Waals surface area contributed by atoms with Gasteiger partial charge in [-0.25, -0.2) is 29.9 Å². The molecule has 8 nitrogen and oxygen atoms in total. The summed E-state index contributed by atoms with van der Waals surface area (Å²) in [7, 11) is 0. The quantitative estimate of drug-likeness (QED) is 0.0958. The van der Waals surface area contributed by atoms with Crippen LogP contribution in [0.3, 0.4) is 0 Å². The fourth-order valence-electron chi connectivity index (χ4n) is 19.6. The third-order valence-electron chi connectivity index (χ3n) is 26.1. The number of hydrogen-bond acceptors (Lipinski definition) is 8. The van der Waals surface area contributed by atoms with Crippen molar-refractivity contribution in [1.82, 2.24) is 39.0 Å². The first-order valence-corrected chi connectivity index (χ1v) is 47.5. The van der Waals surface area contributed by atoms with Crippen molar-refractivity contribution in [3.05, 3.63) is 485 Å². The van der Waals surface area contributed by atoms with Crippen LogP contribution in [0, 0.1) is 0 Å². The van der Waals surface area contributed by atoms with Crippen molar-refractivity contribution in [2.75, 3.05) is 0 Å². The topological polar surface area (TPSA) is 87.2 Å². The number of benzene rings is 20. The first-order chi connectivity index (χ1) is 67.4. The van der Waals surface area contributed by atoms with Crippen molar-refractivity contribution in [3.63, 3.8) is 0 Å². The summed E-state index contributed by atoms with van der Waals surface area (Å²) < 4.78 is 10.1. The summed E-state index contributed by atoms with van der Waals surface area (Å²) in [4.78, 5) is 31.4. The Balaban J connectivity index is 0.000000152. The number of para-hydroxylation sites is 2. The van der Waals surface area contributed by atoms with E-state index in [1.165, 1.54) is 95.3 Å². The zero-order valence-corrected chi connectivity index (χ0v) is 75.2. The van der Waals surface area contributed by atoms with Crippen LogP contribution >= 0.6 is 22.7 Å². The van der Waals surface area contributed by atoms with Crippen LogP contribution in [0.5, 0.6) is 0 Å². The van der Waals surface area contributed by atoms with E-state index in [2.05, 4.69) is 464 Å². The van der Waals surface area contributed by atoms with E-state index in [-0.39, 0.29) is 14.9 Å². The Bertz CT molecular complexity index is 9090. The standard InChI is InChI=1S/2C63H40N4S.2CH4/c1-4-17-41(18-5-1)44-23-14-24-45(37-44)46-25-15-26-48(38-46)62-64-61(43-21-8-3-9-22-43)65-63(66-62)49-34-36-57(55(39-49)42-19-6-2-7-20-42)67-56-31-12-10-27-51(56)52-35-33-47(40-58(52)67)50-29-16-30-54-53-28-11-13-32-59(53)68-60(50)54;1-4-16-41(17-5-1)43-30-32-45(33-31-43)61-64-62(48-23-14-22-46(38-48)42-18-6-2-7-19-42)66-63(65-61)49-35-37-57(55(39-49)44-20-8-3-9-21-44)67-56-28-12-10-24-51(56)52-36-34-47(40-58(52)67)50-26-15-27-54-53-25-11-13-29-59(53)68-60(50)54;;/h2*1-40H;2*1H4. The Hall–Kier alpha value is -17.5. The molecule has 0 aliphatic carbocycles. The highest BCUT2D eigenvalue weighted by Crippen LogP contribution is 2.48. The predicted molar refractivity (Wildman–Crippen MR) is 584 cm³/mol. The number of rotatable bonds is 16. The maximum absolute atomic E-state index is 5.28. The van der Waals surface area contributed by atoms with Gasteiger partial charge >= 0.3 is 0 Å². The lowest BCUT2D eigenvalue weighted by Crippen LogP contribution is -2.02. The molecule has 0 aliphatic rings. The highest BCUT2D eigenvalue weighted by Gasteiger charge is 2.25. The van der Waals surface area contributed by atoms with Gasteiger partial charge in [-0.15, -0.1) is 22.7 Å². The molecule has 0 radical (unpaired) electrons. The Kier molecular flexibility index (Phi) is 22.4. The molecule has 0 saturated heterocycles. The largest absolute Gasteiger partial charge is 0.309 e. The molecular weight excluding hydrogens is 1710 g/mol. The van der Waals surface area contributed by atoms with Crippen molar-refractivity contribution in [3.8, 4) is 169 Å². The maximum atomic E-state index is 5.28. The van der Waals surface area contributed by atoms with Gasteiger partial charge in [0, 0.05) is 106 Å². The molecule has 0 atom stereocenters. The van der Waals surface area contributed by atoms with E-state index < -0.39 is 0 Å². The van der Waals surface area contributed by atoms with Crippen molar-refractivity contribution >= 4 is 107 Å². The van der Waals surface area contributed by atoms with Gasteiger partial charge in [-0.2, -0.15) is 0 Å². The van der Waals surface area contributed by atoms with Crippen LogP contribution in [0.15, 0.2) is 485 Å². The van der Waals surface area contributed by atoms with Gasteiger partial charge in [0.15, 0.2) is 34.9 Å². The van der Waals surface area contributed by atoms with E-state index in [4.69, 9.17) is 29.9 Å². The van der Waals surface area contributed by atoms with Crippen LogP contribution in [0.25, 0.3) is 253 Å². The second kappa shape index (κ2) is 36.4. The fraction of sp³-hybridized carbons (Fsp3) is 0.0156. The smallest absolute Gasteiger partial charge is 0.164 e. The van der Waals surface area contributed by atoms with Crippen LogP contribution in [0.2, 0.25) is 0 Å². The number of nitrogens with zero attached hydrogens (tertiary/aromatic N) is 8. The molecule has 20 aromatic carbocycles. The summed E-state index contributed by atoms with van der Waals surface area (Å²) in [6, 6.07) is 173. The lowest BCUT2D eigenvalue weighted by molar-refractivity contribution is 1.07. The lowest BCUT2D eigenvalue weighted by Gasteiger charge is -2.17. The SMILES string of the molecule is C.C.c1ccc(-c2ccc(-c3nc(-c4cccc(-c5ccccc5)c4)nc(-c4ccc(-n5c6ccccc6c6ccc(-c7cccc8c7sc7ccccc78)cc65)c(-c5ccccc5)c4)n3)cc2)cc1.c1ccc(-c2cccc(-c3cccc(-c4nc(-c5ccccc5)nc(-c5ccc(-n6c7ccccc7c7ccc(-c8cccc9c8sc8ccccc89)cc76)c(-c6ccccc6)c5)n4)c3)c2)cc1. The van der Waals surface area contributed by atoms with Gasteiger partial charge in [0.1, 0.15) is 0 Å². The first-order valence-electron chi connectivity index (χ1n) is 45.8. The summed E-state index contributed by atoms with van der Waals surface area (Å²) in [5, 5.41) is 10.0. The maximum Gasteiger partial charge on any atom is 0.164 e. The molecule has 0 aliphatic heterocycles. The van der Waals surface area contributed by atoms with E-state index in [9.17, 15) is 0 Å². The molecule has 0 spiro atoms. The summed E-state index contributed by atoms with van der Waals surface area (Å²) in [5.41, 5.74) is 30.5. The van der Waals surface area contributed by atoms with E-state index in [1.807, 2.05) is 53.0 Å². The molecule has 10 heteroatoms. The van der Waals surface area contributed by atoms with Crippen molar-refractivity contribution in [2.45, 2.75) is 14.9 Å². The molecule has 6 aromatic heterocycles. The van der Waals surface area contributed by atoms with Gasteiger partial charge in [-0.1, -0.05) is 409 Å². The molecule has 26 rings (SSSR count). The highest BCUT2D eigenvalue weighted by molar-refractivity contribution is 7.26. The van der Waals surface area contributed by atoms with Gasteiger partial charge < -0.3 is 9.13 Å². The normalized spacial score (nSPS) is 11.4. The van der Waals surface area contributed by atoms with E-state index in [1.54, 1.807) is 0 Å². The Morgan fingerprint density at radius 1 is 0.145 bits per heavy atom. The average molecular weight is 1800 g/mol. The third-order valence-corrected chi connectivity index (χ3v) is 28.6. The molecule has 0 bridgehead atoms. The predicted octanol–water partition coefficient (Wildman–Crippen LogP) is 35.3. The van der Waals surface area contributed by atoms with E-state index in [0.29, 0.717) is 34.9 Å². The molecule has 652 valence electrons. The summed E-state index contributed by atoms with van der Waals surface area (Å²) >= 11 is 3.74. The van der Waals surface area contributed by atoms with Crippen molar-refractivity contribution < 1.29 is 0 Å². The van der Waals surface area contributed by atoms with Crippen LogP contribution < -0.4 is 0 Å². The summed E-state index contributed by atoms with van der Waals surface area (Å²) in [6.07, 6.45) is 0. The second-order valence-corrected chi connectivity index (χ2v) is 36.4. The monoisotopic (exact) mass is 1800 g/mol. The van der Waals surface area contributed by atoms with Crippen LogP contribution in [0.1, 0.15) is 14.9 Å². The van der Waals surface area contributed by atoms with E-state index >= 15 is 0 Å². The molecule has 138 heavy (non-hydrogen) atoms. The second-order valence-electron chi connectivity index (χ2n) is 34.3. The number of hydrogen-bond donors (Lipinski definition) is 0. The van der Waals surface area contributed by atoms with Gasteiger partial charge in [0.05, 0.1) is 33.4 Å². The Morgan fingerprint density at radius 3 is 0.790 bits per heavy atom. The van der Waals surface area contributed by atoms with Gasteiger partial charge in [0.25, 0.3) is 0 Å². The molecule has 0 fully saturated rings. The van der Waals surface area contributed by atoms with Crippen molar-refractivity contribution in [1.29, 1.82) is 0 Å². The van der Waals surface area contributed by atoms with Crippen LogP contribution in [-0.2, 0) is 0 Å². The Labute approximate surface area is 808 Å². The molecule has 0 saturated carbocycles. The molecule has 0 unspecified atom stereocenters. The minimum Gasteiger partial charge on any atom is -0.309 e. The zero-order valence-electron chi connectivity index (χ0n) is 73.6. The molecule has 0 amide bonds. The minimum atomic E-state index is 0. The van der Waals surface area contributed by atoms with Crippen LogP contribution in [0.4, 0.5) is 0 Å². The number of fused-ring (bicyclic) bond motifs is 12. The van der Waals surface area contributed by atoms with Gasteiger partial charge in [-0.3, -0.25) is 0 Å². The average Bonchev–Trinajstić information content (AvgIpc) is 1.58. The number of aromatic nitrogens is 8. The zero-order chi connectivity index (χ0) is 89.9. The minimum absolute atomic E-state index is 0. The third kappa shape index (κ3) is 15.7.